The Labute approximate surface area is 122 Å². The van der Waals surface area contributed by atoms with Gasteiger partial charge in [0.1, 0.15) is 0 Å². The fraction of sp³-hybridized carbons (Fsp3) is 0. The van der Waals surface area contributed by atoms with Crippen LogP contribution in [0.3, 0.4) is 0 Å². The summed E-state index contributed by atoms with van der Waals surface area (Å²) in [5, 5.41) is 6.38. The van der Waals surface area contributed by atoms with Gasteiger partial charge in [0.25, 0.3) is 0 Å². The first-order valence-electron chi connectivity index (χ1n) is 6.87. The highest BCUT2D eigenvalue weighted by Crippen LogP contribution is 2.33. The van der Waals surface area contributed by atoms with E-state index < -0.39 is 0 Å². The number of hydrogen-bond donors (Lipinski definition) is 0. The molecule has 1 aliphatic heterocycles. The Hall–Kier alpha value is -2.87. The normalized spacial score (nSPS) is 12.7. The molecule has 2 heteroatoms. The summed E-state index contributed by atoms with van der Waals surface area (Å²) in [6.45, 7) is 0. The van der Waals surface area contributed by atoms with Crippen molar-refractivity contribution in [3.05, 3.63) is 84.1 Å². The van der Waals surface area contributed by atoms with E-state index in [-0.39, 0.29) is 5.78 Å². The van der Waals surface area contributed by atoms with Gasteiger partial charge >= 0.3 is 0 Å². The summed E-state index contributed by atoms with van der Waals surface area (Å²) in [7, 11) is 0. The first kappa shape index (κ1) is 11.9. The number of rotatable bonds is 2. The summed E-state index contributed by atoms with van der Waals surface area (Å²) in [4.78, 5) is 12.9. The highest BCUT2D eigenvalue weighted by atomic mass is 16.1. The van der Waals surface area contributed by atoms with Crippen LogP contribution in [0.1, 0.15) is 15.9 Å². The molecule has 99 valence electrons. The van der Waals surface area contributed by atoms with Crippen LogP contribution in [0.15, 0.2) is 72.9 Å². The average Bonchev–Trinajstić information content (AvgIpc) is 2.98. The number of nitrogens with zero attached hydrogens (tertiary/aromatic N) is 1. The van der Waals surface area contributed by atoms with E-state index in [9.17, 15) is 4.79 Å². The minimum Gasteiger partial charge on any atom is -0.289 e. The summed E-state index contributed by atoms with van der Waals surface area (Å²) in [5.74, 6) is 0.0282. The van der Waals surface area contributed by atoms with Crippen molar-refractivity contribution in [2.24, 2.45) is 0 Å². The molecule has 0 fully saturated rings. The third-order valence-corrected chi connectivity index (χ3v) is 3.81. The van der Waals surface area contributed by atoms with Crippen LogP contribution in [0.2, 0.25) is 0 Å². The van der Waals surface area contributed by atoms with E-state index in [1.807, 2.05) is 66.7 Å². The predicted molar refractivity (Wildman–Crippen MR) is 84.5 cm³/mol. The molecule has 0 N–H and O–H groups in total. The van der Waals surface area contributed by atoms with Gasteiger partial charge in [0.15, 0.2) is 5.78 Å². The van der Waals surface area contributed by atoms with Crippen LogP contribution >= 0.6 is 0 Å². The first-order valence-corrected chi connectivity index (χ1v) is 6.87. The molecule has 0 bridgehead atoms. The van der Waals surface area contributed by atoms with Gasteiger partial charge in [-0.15, -0.1) is 0 Å². The fourth-order valence-electron chi connectivity index (χ4n) is 2.77. The van der Waals surface area contributed by atoms with Gasteiger partial charge in [0.05, 0.1) is 11.3 Å². The Morgan fingerprint density at radius 3 is 2.52 bits per heavy atom. The number of para-hydroxylation sites is 1. The van der Waals surface area contributed by atoms with Crippen molar-refractivity contribution in [1.82, 2.24) is 5.32 Å². The number of ketones is 1. The summed E-state index contributed by atoms with van der Waals surface area (Å²) in [5.41, 5.74) is 3.17. The van der Waals surface area contributed by atoms with Crippen LogP contribution in [0.25, 0.3) is 16.3 Å². The molecule has 0 amide bonds. The summed E-state index contributed by atoms with van der Waals surface area (Å²) < 4.78 is 0. The maximum absolute atomic E-state index is 12.9. The number of hydrogen-bond acceptors (Lipinski definition) is 1. The van der Waals surface area contributed by atoms with Crippen molar-refractivity contribution in [2.75, 3.05) is 0 Å². The Morgan fingerprint density at radius 2 is 1.57 bits per heavy atom. The second kappa shape index (κ2) is 4.60. The van der Waals surface area contributed by atoms with E-state index >= 15 is 0 Å². The van der Waals surface area contributed by atoms with E-state index in [0.29, 0.717) is 5.57 Å². The maximum atomic E-state index is 12.9. The van der Waals surface area contributed by atoms with E-state index in [1.165, 1.54) is 0 Å². The highest BCUT2D eigenvalue weighted by Gasteiger charge is 2.23. The smallest absolute Gasteiger partial charge is 0.195 e. The molecule has 21 heavy (non-hydrogen) atoms. The van der Waals surface area contributed by atoms with Gasteiger partial charge in [-0.2, -0.15) is 0 Å². The molecule has 1 heterocycles. The lowest BCUT2D eigenvalue weighted by molar-refractivity contribution is 0.105. The Kier molecular flexibility index (Phi) is 2.61. The molecule has 0 atom stereocenters. The minimum absolute atomic E-state index is 0.0282. The summed E-state index contributed by atoms with van der Waals surface area (Å²) in [6, 6.07) is 21.5. The molecule has 0 unspecified atom stereocenters. The molecular formula is C19H12NO. The van der Waals surface area contributed by atoms with E-state index in [1.54, 1.807) is 6.20 Å². The highest BCUT2D eigenvalue weighted by molar-refractivity contribution is 6.33. The molecule has 4 rings (SSSR count). The molecule has 3 aromatic rings. The van der Waals surface area contributed by atoms with Crippen LogP contribution in [-0.4, -0.2) is 5.78 Å². The second-order valence-electron chi connectivity index (χ2n) is 5.04. The van der Waals surface area contributed by atoms with Crippen molar-refractivity contribution >= 4 is 27.8 Å². The van der Waals surface area contributed by atoms with Gasteiger partial charge in [0.2, 0.25) is 0 Å². The van der Waals surface area contributed by atoms with Gasteiger partial charge in [0, 0.05) is 17.3 Å². The molecule has 0 spiro atoms. The number of carbonyl (C=O) groups excluding carboxylic acids is 1. The zero-order chi connectivity index (χ0) is 14.2. The second-order valence-corrected chi connectivity index (χ2v) is 5.04. The molecule has 0 aliphatic carbocycles. The molecule has 1 radical (unpaired) electrons. The molecule has 1 aliphatic rings. The molecule has 3 aromatic carbocycles. The van der Waals surface area contributed by atoms with Crippen LogP contribution < -0.4 is 5.32 Å². The number of carbonyl (C=O) groups is 1. The van der Waals surface area contributed by atoms with Gasteiger partial charge in [-0.3, -0.25) is 10.1 Å². The number of Topliss-reactive ketones (excluding diaryl/α,β-unsaturated/α-hetero) is 1. The average molecular weight is 270 g/mol. The zero-order valence-corrected chi connectivity index (χ0v) is 11.3. The van der Waals surface area contributed by atoms with Crippen LogP contribution in [-0.2, 0) is 0 Å². The third-order valence-electron chi connectivity index (χ3n) is 3.81. The van der Waals surface area contributed by atoms with Crippen LogP contribution in [0.4, 0.5) is 5.69 Å². The quantitative estimate of drug-likeness (QED) is 0.638. The summed E-state index contributed by atoms with van der Waals surface area (Å²) >= 11 is 0. The lowest BCUT2D eigenvalue weighted by Gasteiger charge is -2.07. The molecule has 0 saturated carbocycles. The fourth-order valence-corrected chi connectivity index (χ4v) is 2.77. The van der Waals surface area contributed by atoms with Gasteiger partial charge < -0.3 is 0 Å². The van der Waals surface area contributed by atoms with Crippen LogP contribution in [0, 0.1) is 0 Å². The van der Waals surface area contributed by atoms with Crippen molar-refractivity contribution in [1.29, 1.82) is 0 Å². The van der Waals surface area contributed by atoms with Crippen LogP contribution in [0.5, 0.6) is 0 Å². The lowest BCUT2D eigenvalue weighted by atomic mass is 9.94. The number of benzene rings is 3. The predicted octanol–water partition coefficient (Wildman–Crippen LogP) is 4.31. The monoisotopic (exact) mass is 270 g/mol. The van der Waals surface area contributed by atoms with Gasteiger partial charge in [-0.25, -0.2) is 0 Å². The van der Waals surface area contributed by atoms with Crippen molar-refractivity contribution in [2.45, 2.75) is 0 Å². The van der Waals surface area contributed by atoms with Gasteiger partial charge in [-0.1, -0.05) is 60.7 Å². The molecular weight excluding hydrogens is 258 g/mol. The van der Waals surface area contributed by atoms with Gasteiger partial charge in [-0.05, 0) is 16.8 Å². The zero-order valence-electron chi connectivity index (χ0n) is 11.3. The van der Waals surface area contributed by atoms with Crippen molar-refractivity contribution in [3.63, 3.8) is 0 Å². The SMILES string of the molecule is O=C(C1=C[N]c2ccccc21)c1cccc2ccccc12. The third kappa shape index (κ3) is 1.84. The molecule has 2 nitrogen and oxygen atoms in total. The first-order chi connectivity index (χ1) is 10.3. The topological polar surface area (TPSA) is 31.2 Å². The van der Waals surface area contributed by atoms with E-state index in [4.69, 9.17) is 0 Å². The molecule has 0 aromatic heterocycles. The number of fused-ring (bicyclic) bond motifs is 2. The van der Waals surface area contributed by atoms with Crippen molar-refractivity contribution in [3.8, 4) is 0 Å². The van der Waals surface area contributed by atoms with E-state index in [0.717, 1.165) is 27.6 Å². The Morgan fingerprint density at radius 1 is 0.810 bits per heavy atom. The lowest BCUT2D eigenvalue weighted by Crippen LogP contribution is -2.02. The Bertz CT molecular complexity index is 887. The maximum Gasteiger partial charge on any atom is 0.195 e. The summed E-state index contributed by atoms with van der Waals surface area (Å²) in [6.07, 6.45) is 1.68. The standard InChI is InChI=1S/C19H12NO/c21-19(17-12-20-18-11-4-3-9-15(17)18)16-10-5-7-13-6-1-2-8-14(13)16/h1-12H. The van der Waals surface area contributed by atoms with E-state index in [2.05, 4.69) is 5.32 Å². The largest absolute Gasteiger partial charge is 0.289 e. The van der Waals surface area contributed by atoms with Crippen molar-refractivity contribution < 1.29 is 4.79 Å². The number of allylic oxidation sites excluding steroid dienone is 1. The molecule has 0 saturated heterocycles. The minimum atomic E-state index is 0.0282. The Balaban J connectivity index is 1.86.